The first kappa shape index (κ1) is 21.4. The summed E-state index contributed by atoms with van der Waals surface area (Å²) < 4.78 is 1.78. The zero-order valence-corrected chi connectivity index (χ0v) is 15.6. The molecular weight excluding hydrogens is 361 g/mol. The predicted molar refractivity (Wildman–Crippen MR) is 102 cm³/mol. The van der Waals surface area contributed by atoms with E-state index in [0.717, 1.165) is 36.8 Å². The maximum absolute atomic E-state index is 12.2. The Labute approximate surface area is 160 Å². The Morgan fingerprint density at radius 3 is 2.56 bits per heavy atom. The molecule has 3 rings (SSSR count). The van der Waals surface area contributed by atoms with E-state index in [2.05, 4.69) is 27.5 Å². The fraction of sp³-hybridized carbons (Fsp3) is 0.471. The van der Waals surface area contributed by atoms with Gasteiger partial charge in [0.25, 0.3) is 0 Å². The number of rotatable bonds is 5. The molecule has 1 aromatic heterocycles. The van der Waals surface area contributed by atoms with E-state index in [1.54, 1.807) is 11.0 Å². The van der Waals surface area contributed by atoms with Crippen molar-refractivity contribution in [3.8, 4) is 0 Å². The number of halogens is 2. The summed E-state index contributed by atoms with van der Waals surface area (Å²) in [5.41, 5.74) is 8.21. The summed E-state index contributed by atoms with van der Waals surface area (Å²) in [6, 6.07) is 8.37. The molecule has 3 N–H and O–H groups in total. The summed E-state index contributed by atoms with van der Waals surface area (Å²) in [5.74, 6) is 0.206. The van der Waals surface area contributed by atoms with Crippen molar-refractivity contribution >= 4 is 30.7 Å². The molecule has 0 aliphatic heterocycles. The number of nitrogens with zero attached hydrogens (tertiary/aromatic N) is 3. The highest BCUT2D eigenvalue weighted by Gasteiger charge is 2.24. The lowest BCUT2D eigenvalue weighted by Gasteiger charge is -2.25. The first-order chi connectivity index (χ1) is 11.2. The summed E-state index contributed by atoms with van der Waals surface area (Å²) in [6.45, 7) is 1.26. The van der Waals surface area contributed by atoms with Gasteiger partial charge >= 0.3 is 0 Å². The van der Waals surface area contributed by atoms with Crippen LogP contribution in [0.1, 0.15) is 36.8 Å². The molecule has 0 bridgehead atoms. The van der Waals surface area contributed by atoms with Crippen LogP contribution in [0, 0.1) is 5.92 Å². The smallest absolute Gasteiger partial charge is 0.223 e. The van der Waals surface area contributed by atoms with Crippen molar-refractivity contribution in [2.24, 2.45) is 11.7 Å². The topological polar surface area (TPSA) is 85.8 Å². The second kappa shape index (κ2) is 10.4. The molecule has 2 atom stereocenters. The van der Waals surface area contributed by atoms with Crippen LogP contribution in [0.5, 0.6) is 0 Å². The van der Waals surface area contributed by atoms with Gasteiger partial charge in [0.15, 0.2) is 0 Å². The van der Waals surface area contributed by atoms with Gasteiger partial charge in [0.05, 0.1) is 6.54 Å². The van der Waals surface area contributed by atoms with E-state index in [4.69, 9.17) is 5.73 Å². The monoisotopic (exact) mass is 385 g/mol. The van der Waals surface area contributed by atoms with Crippen LogP contribution in [-0.4, -0.2) is 26.7 Å². The third-order valence-corrected chi connectivity index (χ3v) is 4.39. The van der Waals surface area contributed by atoms with Crippen molar-refractivity contribution in [3.63, 3.8) is 0 Å². The number of carbonyl (C=O) groups excluding carboxylic acids is 1. The molecule has 1 saturated carbocycles. The lowest BCUT2D eigenvalue weighted by Crippen LogP contribution is -2.37. The van der Waals surface area contributed by atoms with Gasteiger partial charge in [-0.15, -0.1) is 24.8 Å². The van der Waals surface area contributed by atoms with Gasteiger partial charge in [-0.25, -0.2) is 9.67 Å². The van der Waals surface area contributed by atoms with Gasteiger partial charge in [-0.3, -0.25) is 4.79 Å². The van der Waals surface area contributed by atoms with Gasteiger partial charge in [0.1, 0.15) is 12.7 Å². The zero-order chi connectivity index (χ0) is 16.1. The summed E-state index contributed by atoms with van der Waals surface area (Å²) >= 11 is 0. The van der Waals surface area contributed by atoms with Crippen LogP contribution in [0.2, 0.25) is 0 Å². The van der Waals surface area contributed by atoms with Gasteiger partial charge in [0.2, 0.25) is 5.91 Å². The van der Waals surface area contributed by atoms with Crippen LogP contribution in [0.4, 0.5) is 0 Å². The van der Waals surface area contributed by atoms with Crippen molar-refractivity contribution in [1.29, 1.82) is 0 Å². The first-order valence-corrected chi connectivity index (χ1v) is 8.14. The van der Waals surface area contributed by atoms with Crippen LogP contribution in [0.15, 0.2) is 36.9 Å². The summed E-state index contributed by atoms with van der Waals surface area (Å²) in [7, 11) is 0. The molecule has 1 aromatic carbocycles. The Morgan fingerprint density at radius 2 is 1.92 bits per heavy atom. The normalized spacial score (nSPS) is 19.4. The van der Waals surface area contributed by atoms with E-state index < -0.39 is 0 Å². The average Bonchev–Trinajstić information content (AvgIpc) is 3.07. The van der Waals surface area contributed by atoms with Gasteiger partial charge in [-0.2, -0.15) is 5.10 Å². The molecule has 1 fully saturated rings. The lowest BCUT2D eigenvalue weighted by molar-refractivity contribution is -0.126. The van der Waals surface area contributed by atoms with Crippen LogP contribution >= 0.6 is 24.8 Å². The zero-order valence-electron chi connectivity index (χ0n) is 14.0. The van der Waals surface area contributed by atoms with Crippen molar-refractivity contribution < 1.29 is 4.79 Å². The summed E-state index contributed by atoms with van der Waals surface area (Å²) in [6.07, 6.45) is 7.08. The molecule has 8 heteroatoms. The first-order valence-electron chi connectivity index (χ1n) is 8.14. The fourth-order valence-electron chi connectivity index (χ4n) is 3.06. The van der Waals surface area contributed by atoms with Crippen molar-refractivity contribution in [2.75, 3.05) is 0 Å². The van der Waals surface area contributed by atoms with Gasteiger partial charge in [0, 0.05) is 18.5 Å². The Kier molecular flexibility index (Phi) is 8.89. The highest BCUT2D eigenvalue weighted by Crippen LogP contribution is 2.23. The predicted octanol–water partition coefficient (Wildman–Crippen LogP) is 2.30. The molecule has 1 heterocycles. The van der Waals surface area contributed by atoms with E-state index in [9.17, 15) is 4.79 Å². The molecular formula is C17H25Cl2N5O. The number of amides is 1. The highest BCUT2D eigenvalue weighted by atomic mass is 35.5. The lowest BCUT2D eigenvalue weighted by atomic mass is 9.85. The quantitative estimate of drug-likeness (QED) is 0.826. The molecule has 2 unspecified atom stereocenters. The van der Waals surface area contributed by atoms with Crippen LogP contribution in [0.25, 0.3) is 0 Å². The van der Waals surface area contributed by atoms with E-state index in [0.29, 0.717) is 13.1 Å². The number of hydrogen-bond donors (Lipinski definition) is 2. The number of nitrogens with one attached hydrogen (secondary N) is 1. The van der Waals surface area contributed by atoms with E-state index in [-0.39, 0.29) is 42.7 Å². The van der Waals surface area contributed by atoms with E-state index in [1.807, 2.05) is 12.1 Å². The standard InChI is InChI=1S/C17H23N5O.2ClH/c18-16-3-1-2-15(8-16)17(23)20-9-13-4-6-14(7-5-13)10-22-12-19-11-21-22;;/h4-7,11-12,15-16H,1-3,8-10,18H2,(H,20,23);2*1H. The largest absolute Gasteiger partial charge is 0.352 e. The molecule has 1 aliphatic rings. The van der Waals surface area contributed by atoms with Gasteiger partial charge < -0.3 is 11.1 Å². The SMILES string of the molecule is Cl.Cl.NC1CCCC(C(=O)NCc2ccc(Cn3cncn3)cc2)C1. The number of carbonyl (C=O) groups is 1. The number of hydrogen-bond acceptors (Lipinski definition) is 4. The van der Waals surface area contributed by atoms with E-state index in [1.165, 1.54) is 6.33 Å². The number of nitrogens with two attached hydrogens (primary N) is 1. The Morgan fingerprint density at radius 1 is 1.20 bits per heavy atom. The van der Waals surface area contributed by atoms with Crippen LogP contribution < -0.4 is 11.1 Å². The number of benzene rings is 1. The maximum Gasteiger partial charge on any atom is 0.223 e. The number of aromatic nitrogens is 3. The molecule has 0 spiro atoms. The molecule has 2 aromatic rings. The molecule has 0 saturated heterocycles. The van der Waals surface area contributed by atoms with Crippen molar-refractivity contribution in [3.05, 3.63) is 48.0 Å². The van der Waals surface area contributed by atoms with E-state index >= 15 is 0 Å². The molecule has 138 valence electrons. The molecule has 6 nitrogen and oxygen atoms in total. The fourth-order valence-corrected chi connectivity index (χ4v) is 3.06. The molecule has 25 heavy (non-hydrogen) atoms. The molecule has 0 radical (unpaired) electrons. The van der Waals surface area contributed by atoms with Gasteiger partial charge in [-0.1, -0.05) is 30.7 Å². The summed E-state index contributed by atoms with van der Waals surface area (Å²) in [5, 5.41) is 7.12. The minimum absolute atomic E-state index is 0. The maximum atomic E-state index is 12.2. The third-order valence-electron chi connectivity index (χ3n) is 4.39. The van der Waals surface area contributed by atoms with Crippen LogP contribution in [-0.2, 0) is 17.9 Å². The van der Waals surface area contributed by atoms with Crippen LogP contribution in [0.3, 0.4) is 0 Å². The third kappa shape index (κ3) is 6.30. The Bertz CT molecular complexity index is 633. The highest BCUT2D eigenvalue weighted by molar-refractivity contribution is 5.85. The summed E-state index contributed by atoms with van der Waals surface area (Å²) in [4.78, 5) is 16.1. The second-order valence-electron chi connectivity index (χ2n) is 6.25. The van der Waals surface area contributed by atoms with Crippen molar-refractivity contribution in [2.45, 2.75) is 44.8 Å². The van der Waals surface area contributed by atoms with Crippen molar-refractivity contribution in [1.82, 2.24) is 20.1 Å². The second-order valence-corrected chi connectivity index (χ2v) is 6.25. The minimum atomic E-state index is 0. The Hall–Kier alpha value is -1.63. The molecule has 1 aliphatic carbocycles. The Balaban J connectivity index is 0.00000156. The molecule has 1 amide bonds. The van der Waals surface area contributed by atoms with Gasteiger partial charge in [-0.05, 0) is 30.4 Å². The average molecular weight is 386 g/mol. The minimum Gasteiger partial charge on any atom is -0.352 e.